The normalized spacial score (nSPS) is 7.62. The molecule has 0 aliphatic heterocycles. The number of hydrogen-bond acceptors (Lipinski definition) is 9. The van der Waals surface area contributed by atoms with Crippen LogP contribution in [0.25, 0.3) is 33.8 Å². The zero-order valence-corrected chi connectivity index (χ0v) is 33.3. The number of carbonyl (C=O) groups is 4. The topological polar surface area (TPSA) is 342 Å². The Kier molecular flexibility index (Phi) is 91.2. The molecule has 0 aromatic heterocycles. The fourth-order valence-electron chi connectivity index (χ4n) is 1.29. The molecular formula is C21H44N12O6Y3-6. The van der Waals surface area contributed by atoms with Gasteiger partial charge in [0, 0.05) is 104 Å². The third-order valence-electron chi connectivity index (χ3n) is 3.05. The SMILES string of the molecule is CC(C)C([NH-])=O.CC(C)NCCCNC([NH-])=O.NCCCN.[N-]=C=O.[N-]=C=O.[NH-]C(=O)NCCCNC([NH-])=O.[Y].[Y].[Y]. The van der Waals surface area contributed by atoms with E-state index in [2.05, 4.69) is 35.1 Å². The molecule has 12 N–H and O–H groups in total. The van der Waals surface area contributed by atoms with Crippen LogP contribution in [0, 0.1) is 5.92 Å². The third-order valence-corrected chi connectivity index (χ3v) is 3.05. The Morgan fingerprint density at radius 2 is 0.881 bits per heavy atom. The largest absolute Gasteiger partial charge is 0.724 e. The molecule has 0 rings (SSSR count). The van der Waals surface area contributed by atoms with E-state index >= 15 is 0 Å². The molecule has 0 atom stereocenters. The van der Waals surface area contributed by atoms with Gasteiger partial charge in [-0.15, -0.1) is 0 Å². The van der Waals surface area contributed by atoms with Gasteiger partial charge in [0.25, 0.3) is 0 Å². The van der Waals surface area contributed by atoms with Crippen LogP contribution in [0.4, 0.5) is 14.4 Å². The first-order chi connectivity index (χ1) is 18.1. The Labute approximate surface area is 324 Å². The molecule has 0 fully saturated rings. The quantitative estimate of drug-likeness (QED) is 0.0954. The fraction of sp³-hybridized carbons (Fsp3) is 0.714. The second-order valence-corrected chi connectivity index (χ2v) is 7.22. The summed E-state index contributed by atoms with van der Waals surface area (Å²) in [7, 11) is 0. The van der Waals surface area contributed by atoms with E-state index in [0.29, 0.717) is 44.3 Å². The predicted molar refractivity (Wildman–Crippen MR) is 151 cm³/mol. The van der Waals surface area contributed by atoms with Gasteiger partial charge in [0.2, 0.25) is 0 Å². The summed E-state index contributed by atoms with van der Waals surface area (Å²) in [5.74, 6) is -0.611. The van der Waals surface area contributed by atoms with Crippen LogP contribution in [-0.2, 0) is 113 Å². The average molecular weight is 827 g/mol. The maximum atomic E-state index is 10.1. The van der Waals surface area contributed by atoms with Crippen LogP contribution in [0.1, 0.15) is 47.0 Å². The molecular weight excluding hydrogens is 783 g/mol. The van der Waals surface area contributed by atoms with Crippen molar-refractivity contribution in [3.8, 4) is 0 Å². The van der Waals surface area contributed by atoms with Crippen LogP contribution in [0.15, 0.2) is 0 Å². The number of nitrogens with one attached hydrogen (secondary N) is 8. The number of amides is 7. The minimum absolute atomic E-state index is 0. The summed E-state index contributed by atoms with van der Waals surface area (Å²) in [6.07, 6.45) is 3.36. The molecule has 7 amide bonds. The molecule has 0 saturated carbocycles. The molecule has 0 heterocycles. The maximum absolute atomic E-state index is 10.1. The summed E-state index contributed by atoms with van der Waals surface area (Å²) >= 11 is 0. The van der Waals surface area contributed by atoms with Crippen molar-refractivity contribution < 1.29 is 127 Å². The number of rotatable bonds is 12. The number of nitrogens with zero attached hydrogens (tertiary/aromatic N) is 2. The molecule has 0 bridgehead atoms. The van der Waals surface area contributed by atoms with Crippen LogP contribution in [0.2, 0.25) is 0 Å². The molecule has 0 aromatic carbocycles. The van der Waals surface area contributed by atoms with Gasteiger partial charge in [-0.1, -0.05) is 47.2 Å². The van der Waals surface area contributed by atoms with E-state index in [4.69, 9.17) is 54.8 Å². The van der Waals surface area contributed by atoms with Gasteiger partial charge >= 0.3 is 0 Å². The number of nitrogens with two attached hydrogens (primary N) is 2. The van der Waals surface area contributed by atoms with Crippen molar-refractivity contribution in [3.05, 3.63) is 33.8 Å². The predicted octanol–water partition coefficient (Wildman–Crippen LogP) is 2.33. The van der Waals surface area contributed by atoms with E-state index in [1.807, 2.05) is 0 Å². The zero-order valence-electron chi connectivity index (χ0n) is 24.7. The van der Waals surface area contributed by atoms with Gasteiger partial charge in [-0.3, -0.25) is 24.0 Å². The van der Waals surface area contributed by atoms with Gasteiger partial charge in [-0.05, 0) is 57.1 Å². The fourth-order valence-corrected chi connectivity index (χ4v) is 1.29. The van der Waals surface area contributed by atoms with Gasteiger partial charge in [0.05, 0.1) is 5.91 Å². The monoisotopic (exact) mass is 827 g/mol. The standard InChI is InChI=1S/C7H17N3O.C5H12N4O2.C4H9NO.C3H10N2.2CNO.3Y/c1-6(2)9-4-3-5-10-7(8)11;6-4(10)8-2-1-3-9-5(7)11;1-3(2)4(5)6;4-2-1-3-5;2*2-1-3;;;/h6,9H,3-5H2,1-2H3,(H3,8,10,11);1-3H2,(H6,6,7,8,9,10,11);3H,1-2H3,(H2,5,6);1-5H2;;;;;/q;;;;2*-1;;;/p-4. The van der Waals surface area contributed by atoms with Crippen LogP contribution in [-0.4, -0.2) is 81.5 Å². The average Bonchev–Trinajstić information content (AvgIpc) is 2.80. The summed E-state index contributed by atoms with van der Waals surface area (Å²) in [4.78, 5) is 56.3. The maximum Gasteiger partial charge on any atom is 0.150 e. The summed E-state index contributed by atoms with van der Waals surface area (Å²) in [6.45, 7) is 11.2. The number of urea groups is 3. The molecule has 0 aliphatic carbocycles. The first-order valence-electron chi connectivity index (χ1n) is 11.5. The van der Waals surface area contributed by atoms with Gasteiger partial charge in [0.15, 0.2) is 0 Å². The van der Waals surface area contributed by atoms with Crippen LogP contribution in [0.3, 0.4) is 0 Å². The molecule has 0 aromatic rings. The second-order valence-electron chi connectivity index (χ2n) is 7.22. The summed E-state index contributed by atoms with van der Waals surface area (Å²) < 4.78 is 0. The minimum Gasteiger partial charge on any atom is -0.724 e. The van der Waals surface area contributed by atoms with Gasteiger partial charge in [-0.25, -0.2) is 0 Å². The van der Waals surface area contributed by atoms with Crippen molar-refractivity contribution in [2.75, 3.05) is 39.3 Å². The Hall–Kier alpha value is -0.768. The summed E-state index contributed by atoms with van der Waals surface area (Å²) in [5, 5.41) is 23.6. The molecule has 239 valence electrons. The molecule has 21 heteroatoms. The molecule has 0 saturated heterocycles. The van der Waals surface area contributed by atoms with Crippen LogP contribution >= 0.6 is 0 Å². The van der Waals surface area contributed by atoms with Crippen LogP contribution in [0.5, 0.6) is 0 Å². The Morgan fingerprint density at radius 1 is 0.643 bits per heavy atom. The molecule has 3 radical (unpaired) electrons. The van der Waals surface area contributed by atoms with Crippen molar-refractivity contribution in [2.45, 2.75) is 53.0 Å². The summed E-state index contributed by atoms with van der Waals surface area (Å²) in [5.41, 5.74) is 35.9. The van der Waals surface area contributed by atoms with Crippen molar-refractivity contribution in [2.24, 2.45) is 17.4 Å². The van der Waals surface area contributed by atoms with Crippen molar-refractivity contribution in [3.63, 3.8) is 0 Å². The molecule has 0 aliphatic rings. The zero-order chi connectivity index (χ0) is 32.1. The molecule has 18 nitrogen and oxygen atoms in total. The first kappa shape index (κ1) is 64.2. The van der Waals surface area contributed by atoms with Crippen molar-refractivity contribution >= 4 is 36.2 Å². The first-order valence-corrected chi connectivity index (χ1v) is 11.5. The van der Waals surface area contributed by atoms with E-state index in [-0.39, 0.29) is 104 Å². The van der Waals surface area contributed by atoms with Gasteiger partial charge in [-0.2, -0.15) is 0 Å². The Balaban J connectivity index is -0.0000000469. The van der Waals surface area contributed by atoms with E-state index in [9.17, 15) is 19.2 Å². The Bertz CT molecular complexity index is 637. The second kappa shape index (κ2) is 59.6. The van der Waals surface area contributed by atoms with Crippen LogP contribution < -0.4 is 32.7 Å². The smallest absolute Gasteiger partial charge is 0.150 e. The molecule has 42 heavy (non-hydrogen) atoms. The number of carbonyl (C=O) groups excluding carboxylic acids is 6. The van der Waals surface area contributed by atoms with E-state index in [1.165, 1.54) is 0 Å². The number of isocyanates is 2. The summed E-state index contributed by atoms with van der Waals surface area (Å²) in [6, 6.07) is -1.87. The molecule has 0 unspecified atom stereocenters. The third kappa shape index (κ3) is 127. The van der Waals surface area contributed by atoms with Gasteiger partial charge < -0.3 is 71.3 Å². The molecule has 0 spiro atoms. The van der Waals surface area contributed by atoms with E-state index in [1.54, 1.807) is 13.8 Å². The van der Waals surface area contributed by atoms with Crippen molar-refractivity contribution in [1.82, 2.24) is 21.3 Å². The van der Waals surface area contributed by atoms with Gasteiger partial charge in [0.1, 0.15) is 18.1 Å². The van der Waals surface area contributed by atoms with Crippen molar-refractivity contribution in [1.29, 1.82) is 0 Å². The number of hydrogen-bond donors (Lipinski definition) is 6. The van der Waals surface area contributed by atoms with E-state index < -0.39 is 24.0 Å². The minimum atomic E-state index is -0.831. The van der Waals surface area contributed by atoms with E-state index in [0.717, 1.165) is 32.5 Å². The Morgan fingerprint density at radius 3 is 1.02 bits per heavy atom.